The number of carbonyl (C=O) groups excluding carboxylic acids is 1. The fourth-order valence-electron chi connectivity index (χ4n) is 1.78. The number of aromatic nitrogens is 3. The zero-order chi connectivity index (χ0) is 13.2. The number of hydrogen-bond acceptors (Lipinski definition) is 5. The lowest BCUT2D eigenvalue weighted by Gasteiger charge is -2.35. The van der Waals surface area contributed by atoms with Crippen LogP contribution in [0.1, 0.15) is 20.8 Å². The summed E-state index contributed by atoms with van der Waals surface area (Å²) in [6.07, 6.45) is 1.23. The van der Waals surface area contributed by atoms with Crippen molar-refractivity contribution in [2.75, 3.05) is 31.1 Å². The van der Waals surface area contributed by atoms with Crippen LogP contribution in [0.15, 0.2) is 6.33 Å². The van der Waals surface area contributed by atoms with E-state index < -0.39 is 5.60 Å². The fourth-order valence-corrected chi connectivity index (χ4v) is 1.78. The number of nitrogens with one attached hydrogen (secondary N) is 1. The molecular weight excluding hydrogens is 234 g/mol. The number of rotatable bonds is 1. The topological polar surface area (TPSA) is 74.3 Å². The quantitative estimate of drug-likeness (QED) is 0.803. The van der Waals surface area contributed by atoms with Gasteiger partial charge in [-0.15, -0.1) is 0 Å². The molecule has 7 nitrogen and oxygen atoms in total. The molecule has 0 spiro atoms. The Morgan fingerprint density at radius 2 is 2.00 bits per heavy atom. The number of ether oxygens (including phenoxy) is 1. The van der Waals surface area contributed by atoms with E-state index in [4.69, 9.17) is 4.74 Å². The second-order valence-corrected chi connectivity index (χ2v) is 5.26. The van der Waals surface area contributed by atoms with Gasteiger partial charge in [0.05, 0.1) is 0 Å². The summed E-state index contributed by atoms with van der Waals surface area (Å²) in [7, 11) is 0. The molecule has 0 saturated carbocycles. The molecule has 0 aromatic carbocycles. The highest BCUT2D eigenvalue weighted by Gasteiger charge is 2.26. The first kappa shape index (κ1) is 12.7. The number of piperazine rings is 1. The molecule has 0 unspecified atom stereocenters. The fraction of sp³-hybridized carbons (Fsp3) is 0.727. The average molecular weight is 253 g/mol. The molecule has 1 saturated heterocycles. The van der Waals surface area contributed by atoms with Crippen molar-refractivity contribution in [1.29, 1.82) is 0 Å². The summed E-state index contributed by atoms with van der Waals surface area (Å²) in [6, 6.07) is 0. The van der Waals surface area contributed by atoms with Gasteiger partial charge in [-0.2, -0.15) is 10.1 Å². The van der Waals surface area contributed by atoms with Gasteiger partial charge < -0.3 is 14.5 Å². The third-order valence-electron chi connectivity index (χ3n) is 2.63. The predicted molar refractivity (Wildman–Crippen MR) is 66.4 cm³/mol. The van der Waals surface area contributed by atoms with E-state index >= 15 is 0 Å². The van der Waals surface area contributed by atoms with Gasteiger partial charge in [0.1, 0.15) is 11.9 Å². The second kappa shape index (κ2) is 4.83. The van der Waals surface area contributed by atoms with Crippen LogP contribution in [0.2, 0.25) is 0 Å². The van der Waals surface area contributed by atoms with Gasteiger partial charge in [0.25, 0.3) is 0 Å². The summed E-state index contributed by atoms with van der Waals surface area (Å²) in [6.45, 7) is 8.34. The van der Waals surface area contributed by atoms with Crippen LogP contribution in [0.25, 0.3) is 0 Å². The Bertz CT molecular complexity index is 390. The van der Waals surface area contributed by atoms with Crippen molar-refractivity contribution < 1.29 is 9.53 Å². The molecule has 1 fully saturated rings. The summed E-state index contributed by atoms with van der Waals surface area (Å²) in [4.78, 5) is 19.7. The van der Waals surface area contributed by atoms with Gasteiger partial charge in [0, 0.05) is 26.2 Å². The van der Waals surface area contributed by atoms with E-state index in [-0.39, 0.29) is 6.09 Å². The molecule has 1 aliphatic heterocycles. The van der Waals surface area contributed by atoms with E-state index in [9.17, 15) is 4.79 Å². The molecule has 100 valence electrons. The summed E-state index contributed by atoms with van der Waals surface area (Å²) >= 11 is 0. The zero-order valence-corrected chi connectivity index (χ0v) is 11.0. The highest BCUT2D eigenvalue weighted by atomic mass is 16.6. The highest BCUT2D eigenvalue weighted by molar-refractivity contribution is 5.68. The molecule has 0 aliphatic carbocycles. The van der Waals surface area contributed by atoms with Crippen molar-refractivity contribution in [2.24, 2.45) is 0 Å². The van der Waals surface area contributed by atoms with Gasteiger partial charge in [-0.05, 0) is 20.8 Å². The molecule has 7 heteroatoms. The highest BCUT2D eigenvalue weighted by Crippen LogP contribution is 2.13. The van der Waals surface area contributed by atoms with E-state index in [0.717, 1.165) is 19.0 Å². The van der Waals surface area contributed by atoms with Crippen LogP contribution in [0.3, 0.4) is 0 Å². The molecule has 1 aromatic rings. The third-order valence-corrected chi connectivity index (χ3v) is 2.63. The molecule has 1 aromatic heterocycles. The van der Waals surface area contributed by atoms with Gasteiger partial charge in [-0.25, -0.2) is 9.89 Å². The summed E-state index contributed by atoms with van der Waals surface area (Å²) in [5.74, 6) is 0.749. The van der Waals surface area contributed by atoms with Crippen molar-refractivity contribution in [3.63, 3.8) is 0 Å². The molecule has 1 aliphatic rings. The minimum absolute atomic E-state index is 0.250. The normalized spacial score (nSPS) is 16.8. The maximum absolute atomic E-state index is 11.9. The van der Waals surface area contributed by atoms with Crippen molar-refractivity contribution in [3.8, 4) is 0 Å². The Morgan fingerprint density at radius 3 is 2.50 bits per heavy atom. The second-order valence-electron chi connectivity index (χ2n) is 5.26. The van der Waals surface area contributed by atoms with Crippen molar-refractivity contribution in [3.05, 3.63) is 6.33 Å². The molecule has 0 radical (unpaired) electrons. The molecule has 2 rings (SSSR count). The van der Waals surface area contributed by atoms with Crippen LogP contribution in [0.5, 0.6) is 0 Å². The van der Waals surface area contributed by atoms with Crippen LogP contribution in [-0.2, 0) is 4.74 Å². The number of nitrogens with zero attached hydrogens (tertiary/aromatic N) is 4. The van der Waals surface area contributed by atoms with Crippen LogP contribution >= 0.6 is 0 Å². The number of H-pyrrole nitrogens is 1. The smallest absolute Gasteiger partial charge is 0.410 e. The Balaban J connectivity index is 1.85. The summed E-state index contributed by atoms with van der Waals surface area (Å²) in [5.41, 5.74) is -0.445. The van der Waals surface area contributed by atoms with Crippen molar-refractivity contribution >= 4 is 12.0 Å². The Hall–Kier alpha value is -1.79. The summed E-state index contributed by atoms with van der Waals surface area (Å²) in [5, 5.41) is 6.64. The number of amides is 1. The maximum Gasteiger partial charge on any atom is 0.410 e. The van der Waals surface area contributed by atoms with Gasteiger partial charge in [0.2, 0.25) is 5.95 Å². The lowest BCUT2D eigenvalue weighted by Crippen LogP contribution is -2.50. The van der Waals surface area contributed by atoms with Crippen molar-refractivity contribution in [1.82, 2.24) is 20.1 Å². The Labute approximate surface area is 106 Å². The SMILES string of the molecule is CC(C)(C)OC(=O)N1CCN(c2ncn[nH]2)CC1. The first-order chi connectivity index (χ1) is 8.46. The Morgan fingerprint density at radius 1 is 1.33 bits per heavy atom. The number of carbonyl (C=O) groups is 1. The van der Waals surface area contributed by atoms with Gasteiger partial charge in [0.15, 0.2) is 0 Å². The third kappa shape index (κ3) is 3.12. The molecule has 0 bridgehead atoms. The first-order valence-corrected chi connectivity index (χ1v) is 6.04. The molecule has 1 amide bonds. The van der Waals surface area contributed by atoms with Crippen LogP contribution < -0.4 is 4.90 Å². The summed E-state index contributed by atoms with van der Waals surface area (Å²) < 4.78 is 5.34. The molecule has 0 atom stereocenters. The Kier molecular flexibility index (Phi) is 3.40. The lowest BCUT2D eigenvalue weighted by atomic mass is 10.2. The minimum Gasteiger partial charge on any atom is -0.444 e. The van der Waals surface area contributed by atoms with Crippen LogP contribution in [0.4, 0.5) is 10.7 Å². The lowest BCUT2D eigenvalue weighted by molar-refractivity contribution is 0.0240. The number of anilines is 1. The van der Waals surface area contributed by atoms with E-state index in [1.807, 2.05) is 20.8 Å². The zero-order valence-electron chi connectivity index (χ0n) is 11.0. The number of aromatic amines is 1. The van der Waals surface area contributed by atoms with Gasteiger partial charge in [-0.3, -0.25) is 0 Å². The molecule has 18 heavy (non-hydrogen) atoms. The largest absolute Gasteiger partial charge is 0.444 e. The maximum atomic E-state index is 11.9. The van der Waals surface area contributed by atoms with E-state index in [1.54, 1.807) is 4.90 Å². The minimum atomic E-state index is -0.445. The van der Waals surface area contributed by atoms with E-state index in [1.165, 1.54) is 6.33 Å². The van der Waals surface area contributed by atoms with E-state index in [2.05, 4.69) is 20.1 Å². The van der Waals surface area contributed by atoms with Crippen LogP contribution in [0, 0.1) is 0 Å². The average Bonchev–Trinajstić information content (AvgIpc) is 2.80. The first-order valence-electron chi connectivity index (χ1n) is 6.04. The van der Waals surface area contributed by atoms with Crippen LogP contribution in [-0.4, -0.2) is 58.0 Å². The number of hydrogen-bond donors (Lipinski definition) is 1. The van der Waals surface area contributed by atoms with Gasteiger partial charge in [-0.1, -0.05) is 0 Å². The van der Waals surface area contributed by atoms with Gasteiger partial charge >= 0.3 is 6.09 Å². The van der Waals surface area contributed by atoms with E-state index in [0.29, 0.717) is 13.1 Å². The molecule has 2 heterocycles. The molecular formula is C11H19N5O2. The predicted octanol–water partition coefficient (Wildman–Crippen LogP) is 0.862. The standard InChI is InChI=1S/C11H19N5O2/c1-11(2,3)18-10(17)16-6-4-15(5-7-16)9-12-8-13-14-9/h8H,4-7H2,1-3H3,(H,12,13,14). The monoisotopic (exact) mass is 253 g/mol. The molecule has 1 N–H and O–H groups in total. The van der Waals surface area contributed by atoms with Crippen molar-refractivity contribution in [2.45, 2.75) is 26.4 Å².